The number of hydrogen-bond donors (Lipinski definition) is 2. The van der Waals surface area contributed by atoms with Crippen LogP contribution in [-0.4, -0.2) is 68.9 Å². The number of carbonyl (C=O) groups is 4. The van der Waals surface area contributed by atoms with Crippen molar-refractivity contribution < 1.29 is 28.8 Å². The third kappa shape index (κ3) is 6.57. The Balaban J connectivity index is 1.22. The van der Waals surface area contributed by atoms with E-state index in [1.807, 2.05) is 72.8 Å². The number of carbonyl (C=O) groups excluding carboxylic acids is 4. The molecule has 3 aliphatic rings. The average Bonchev–Trinajstić information content (AvgIpc) is 3.79. The van der Waals surface area contributed by atoms with Gasteiger partial charge in [0.25, 0.3) is 11.8 Å². The Kier molecular flexibility index (Phi) is 9.81. The molecule has 3 atom stereocenters. The van der Waals surface area contributed by atoms with Crippen LogP contribution < -0.4 is 10.6 Å². The number of halogens is 1. The number of β-lactam (4-membered cyclic amide) rings is 1. The summed E-state index contributed by atoms with van der Waals surface area (Å²) in [7, 11) is 0. The molecule has 3 aromatic rings. The van der Waals surface area contributed by atoms with Crippen molar-refractivity contribution in [2.24, 2.45) is 5.16 Å². The van der Waals surface area contributed by atoms with E-state index in [-0.39, 0.29) is 34.2 Å². The number of nitrogens with zero attached hydrogens (tertiary/aromatic N) is 3. The summed E-state index contributed by atoms with van der Waals surface area (Å²) >= 11 is 8.76. The lowest BCUT2D eigenvalue weighted by atomic mass is 10.0. The summed E-state index contributed by atoms with van der Waals surface area (Å²) in [4.78, 5) is 63.1. The van der Waals surface area contributed by atoms with Crippen molar-refractivity contribution in [3.05, 3.63) is 106 Å². The molecule has 3 amide bonds. The first kappa shape index (κ1) is 31.5. The van der Waals surface area contributed by atoms with E-state index in [4.69, 9.17) is 21.2 Å². The first-order chi connectivity index (χ1) is 22.5. The zero-order valence-electron chi connectivity index (χ0n) is 24.2. The van der Waals surface area contributed by atoms with Gasteiger partial charge in [-0.1, -0.05) is 71.9 Å². The topological polar surface area (TPSA) is 139 Å². The maximum Gasteiger partial charge on any atom is 0.356 e. The maximum absolute atomic E-state index is 13.8. The van der Waals surface area contributed by atoms with E-state index in [9.17, 15) is 19.2 Å². The van der Waals surface area contributed by atoms with Crippen molar-refractivity contribution in [3.8, 4) is 0 Å². The number of amides is 3. The summed E-state index contributed by atoms with van der Waals surface area (Å²) in [5, 5.41) is 10.5. The molecule has 3 heterocycles. The van der Waals surface area contributed by atoms with Crippen molar-refractivity contribution in [2.75, 3.05) is 16.9 Å². The number of hydrogen-bond acceptors (Lipinski definition) is 10. The van der Waals surface area contributed by atoms with E-state index in [0.29, 0.717) is 24.2 Å². The second-order valence-electron chi connectivity index (χ2n) is 10.4. The summed E-state index contributed by atoms with van der Waals surface area (Å²) in [6.45, 7) is 0. The van der Waals surface area contributed by atoms with E-state index < -0.39 is 35.3 Å². The molecule has 1 aromatic heterocycles. The van der Waals surface area contributed by atoms with Crippen LogP contribution in [0.1, 0.15) is 35.8 Å². The van der Waals surface area contributed by atoms with Gasteiger partial charge in [-0.3, -0.25) is 19.3 Å². The standard InChI is InChI=1S/C32H28ClN5O6S2/c33-15-21-16-45-30-25(36-28(40)24(37-44-22-13-7-8-14-22)23-17-46-32(35-23)34-18-39)29(41)38(30)26(21)31(42)43-27(19-9-3-1-4-10-19)20-11-5-2-6-12-20/h1-7,9-13,17-18,22,25,27,30H,8,14-16H2,(H,36,40)(H,34,35,39)/b37-24-/t22?,25?,30-/m1/s1. The van der Waals surface area contributed by atoms with E-state index >= 15 is 0 Å². The van der Waals surface area contributed by atoms with E-state index in [0.717, 1.165) is 28.9 Å². The highest BCUT2D eigenvalue weighted by atomic mass is 35.5. The van der Waals surface area contributed by atoms with Gasteiger partial charge in [-0.2, -0.15) is 0 Å². The molecule has 2 unspecified atom stereocenters. The molecule has 14 heteroatoms. The van der Waals surface area contributed by atoms with Crippen LogP contribution in [0.25, 0.3) is 0 Å². The van der Waals surface area contributed by atoms with Crippen LogP contribution in [0, 0.1) is 0 Å². The van der Waals surface area contributed by atoms with Gasteiger partial charge in [0.05, 0.1) is 0 Å². The second-order valence-corrected chi connectivity index (χ2v) is 12.7. The number of thiazole rings is 1. The van der Waals surface area contributed by atoms with Gasteiger partial charge in [-0.25, -0.2) is 9.78 Å². The van der Waals surface area contributed by atoms with Crippen LogP contribution in [0.2, 0.25) is 0 Å². The van der Waals surface area contributed by atoms with E-state index in [1.54, 1.807) is 5.38 Å². The smallest absolute Gasteiger partial charge is 0.356 e. The summed E-state index contributed by atoms with van der Waals surface area (Å²) in [5.74, 6) is -1.47. The Morgan fingerprint density at radius 1 is 1.13 bits per heavy atom. The van der Waals surface area contributed by atoms with Crippen LogP contribution >= 0.6 is 34.7 Å². The van der Waals surface area contributed by atoms with Crippen molar-refractivity contribution in [1.82, 2.24) is 15.2 Å². The molecule has 2 N–H and O–H groups in total. The second kappa shape index (κ2) is 14.3. The molecule has 1 fully saturated rings. The number of allylic oxidation sites excluding steroid dienone is 1. The zero-order valence-corrected chi connectivity index (χ0v) is 26.6. The third-order valence-corrected chi connectivity index (χ3v) is 9.95. The summed E-state index contributed by atoms with van der Waals surface area (Å²) in [6.07, 6.45) is 4.82. The van der Waals surface area contributed by atoms with Crippen LogP contribution in [0.5, 0.6) is 0 Å². The minimum atomic E-state index is -0.959. The molecule has 1 saturated heterocycles. The molecule has 6 rings (SSSR count). The van der Waals surface area contributed by atoms with Crippen molar-refractivity contribution >= 4 is 69.7 Å². The number of alkyl halides is 1. The van der Waals surface area contributed by atoms with Crippen LogP contribution in [0.3, 0.4) is 0 Å². The number of fused-ring (bicyclic) bond motifs is 1. The minimum Gasteiger partial charge on any atom is -0.448 e. The first-order valence-corrected chi connectivity index (χ1v) is 16.9. The zero-order chi connectivity index (χ0) is 32.0. The molecule has 0 radical (unpaired) electrons. The van der Waals surface area contributed by atoms with Gasteiger partial charge in [0.15, 0.2) is 16.9 Å². The fourth-order valence-electron chi connectivity index (χ4n) is 5.25. The molecule has 0 saturated carbocycles. The molecular weight excluding hydrogens is 650 g/mol. The SMILES string of the molecule is O=CNc1nc(/C(=N/OC2C=CCC2)C(=O)NC2C(=O)N3C(C(=O)OC(c4ccccc4)c4ccccc4)=C(CCl)CS[C@H]23)cs1. The number of anilines is 1. The fourth-order valence-corrected chi connectivity index (χ4v) is 7.58. The number of esters is 1. The Hall–Kier alpha value is -4.46. The van der Waals surface area contributed by atoms with Gasteiger partial charge in [0.2, 0.25) is 6.41 Å². The third-order valence-electron chi connectivity index (χ3n) is 7.51. The van der Waals surface area contributed by atoms with Gasteiger partial charge in [0, 0.05) is 17.0 Å². The largest absolute Gasteiger partial charge is 0.448 e. The Morgan fingerprint density at radius 3 is 2.48 bits per heavy atom. The van der Waals surface area contributed by atoms with Crippen molar-refractivity contribution in [3.63, 3.8) is 0 Å². The Labute approximate surface area is 277 Å². The maximum atomic E-state index is 13.8. The molecule has 2 aliphatic heterocycles. The monoisotopic (exact) mass is 677 g/mol. The highest BCUT2D eigenvalue weighted by Gasteiger charge is 2.55. The normalized spacial score (nSPS) is 20.7. The molecule has 0 bridgehead atoms. The van der Waals surface area contributed by atoms with Crippen molar-refractivity contribution in [1.29, 1.82) is 0 Å². The first-order valence-electron chi connectivity index (χ1n) is 14.4. The molecule has 11 nitrogen and oxygen atoms in total. The molecule has 0 spiro atoms. The predicted molar refractivity (Wildman–Crippen MR) is 175 cm³/mol. The highest BCUT2D eigenvalue weighted by molar-refractivity contribution is 8.00. The summed E-state index contributed by atoms with van der Waals surface area (Å²) in [6, 6.07) is 17.7. The highest BCUT2D eigenvalue weighted by Crippen LogP contribution is 2.42. The van der Waals surface area contributed by atoms with Crippen LogP contribution in [0.15, 0.2) is 94.6 Å². The minimum absolute atomic E-state index is 0.0248. The summed E-state index contributed by atoms with van der Waals surface area (Å²) in [5.41, 5.74) is 2.22. The number of ether oxygens (including phenoxy) is 1. The van der Waals surface area contributed by atoms with Crippen LogP contribution in [-0.2, 0) is 28.8 Å². The molecule has 2 aromatic carbocycles. The average molecular weight is 678 g/mol. The lowest BCUT2D eigenvalue weighted by molar-refractivity contribution is -0.154. The van der Waals surface area contributed by atoms with Crippen LogP contribution in [0.4, 0.5) is 5.13 Å². The molecular formula is C32H28ClN5O6S2. The van der Waals surface area contributed by atoms with E-state index in [1.165, 1.54) is 16.7 Å². The van der Waals surface area contributed by atoms with Gasteiger partial charge >= 0.3 is 5.97 Å². The lowest BCUT2D eigenvalue weighted by Gasteiger charge is -2.49. The number of aromatic nitrogens is 1. The number of nitrogens with one attached hydrogen (secondary N) is 2. The predicted octanol–water partition coefficient (Wildman–Crippen LogP) is 4.38. The van der Waals surface area contributed by atoms with Gasteiger partial charge < -0.3 is 20.2 Å². The molecule has 236 valence electrons. The van der Waals surface area contributed by atoms with Gasteiger partial charge in [-0.15, -0.1) is 34.7 Å². The Morgan fingerprint density at radius 2 is 1.85 bits per heavy atom. The molecule has 1 aliphatic carbocycles. The Bertz CT molecular complexity index is 1670. The summed E-state index contributed by atoms with van der Waals surface area (Å²) < 4.78 is 6.09. The van der Waals surface area contributed by atoms with Gasteiger partial charge in [-0.05, 0) is 35.6 Å². The number of thioether (sulfide) groups is 1. The lowest BCUT2D eigenvalue weighted by Crippen LogP contribution is -2.71. The van der Waals surface area contributed by atoms with Gasteiger partial charge in [0.1, 0.15) is 28.9 Å². The van der Waals surface area contributed by atoms with E-state index in [2.05, 4.69) is 20.8 Å². The fraction of sp³-hybridized carbons (Fsp3) is 0.250. The molecule has 46 heavy (non-hydrogen) atoms. The number of benzene rings is 2. The number of oxime groups is 1. The quantitative estimate of drug-likeness (QED) is 0.0548. The number of rotatable bonds is 12. The van der Waals surface area contributed by atoms with Crippen molar-refractivity contribution in [2.45, 2.75) is 36.5 Å².